The Kier molecular flexibility index (Phi) is 5.13. The predicted molar refractivity (Wildman–Crippen MR) is 97.2 cm³/mol. The van der Waals surface area contributed by atoms with E-state index in [1.165, 1.54) is 31.4 Å². The van der Waals surface area contributed by atoms with Crippen LogP contribution in [0.15, 0.2) is 42.5 Å². The van der Waals surface area contributed by atoms with Gasteiger partial charge in [0.15, 0.2) is 0 Å². The van der Waals surface area contributed by atoms with Crippen molar-refractivity contribution in [3.05, 3.63) is 53.8 Å². The van der Waals surface area contributed by atoms with Crippen LogP contribution >= 0.6 is 0 Å². The lowest BCUT2D eigenvalue weighted by atomic mass is 10.2. The van der Waals surface area contributed by atoms with Gasteiger partial charge in [-0.3, -0.25) is 9.52 Å². The Morgan fingerprint density at radius 1 is 1.19 bits per heavy atom. The molecule has 26 heavy (non-hydrogen) atoms. The second-order valence-electron chi connectivity index (χ2n) is 6.02. The van der Waals surface area contributed by atoms with Crippen molar-refractivity contribution >= 4 is 27.3 Å². The van der Waals surface area contributed by atoms with E-state index in [1.54, 1.807) is 23.1 Å². The number of hydrogen-bond acceptors (Lipinski definition) is 4. The van der Waals surface area contributed by atoms with Gasteiger partial charge in [-0.05, 0) is 42.3 Å². The van der Waals surface area contributed by atoms with Crippen LogP contribution in [-0.2, 0) is 20.6 Å². The maximum Gasteiger partial charge on any atom is 0.236 e. The van der Waals surface area contributed by atoms with Crippen molar-refractivity contribution in [2.45, 2.75) is 18.6 Å². The highest BCUT2D eigenvalue weighted by Gasteiger charge is 2.25. The normalized spacial score (nSPS) is 14.5. The molecule has 8 heteroatoms. The van der Waals surface area contributed by atoms with E-state index in [1.807, 2.05) is 0 Å². The van der Waals surface area contributed by atoms with Gasteiger partial charge < -0.3 is 9.64 Å². The molecule has 1 N–H and O–H groups in total. The molecule has 0 aromatic heterocycles. The number of carbonyl (C=O) groups excluding carboxylic acids is 1. The van der Waals surface area contributed by atoms with Crippen LogP contribution < -0.4 is 14.4 Å². The zero-order chi connectivity index (χ0) is 18.7. The van der Waals surface area contributed by atoms with Crippen LogP contribution in [0, 0.1) is 5.82 Å². The third-order valence-electron chi connectivity index (χ3n) is 4.09. The van der Waals surface area contributed by atoms with Gasteiger partial charge in [0.05, 0.1) is 24.2 Å². The summed E-state index contributed by atoms with van der Waals surface area (Å²) in [6.07, 6.45) is 1.21. The molecule has 0 spiro atoms. The van der Waals surface area contributed by atoms with Gasteiger partial charge in [0.2, 0.25) is 15.9 Å². The van der Waals surface area contributed by atoms with Gasteiger partial charge in [-0.25, -0.2) is 12.8 Å². The number of benzene rings is 2. The Labute approximate surface area is 151 Å². The fourth-order valence-corrected chi connectivity index (χ4v) is 4.07. The predicted octanol–water partition coefficient (Wildman–Crippen LogP) is 2.90. The molecule has 1 heterocycles. The third kappa shape index (κ3) is 4.13. The minimum absolute atomic E-state index is 0.0189. The number of sulfonamides is 1. The standard InChI is InChI=1S/C18H19FN2O4S/c1-25-17-9-8-15(11-16(17)21-10-2-3-18(21)22)20-26(23,24)12-13-4-6-14(19)7-5-13/h4-9,11,20H,2-3,10,12H2,1H3. The minimum atomic E-state index is -3.69. The van der Waals surface area contributed by atoms with Crippen LogP contribution in [0.2, 0.25) is 0 Å². The second kappa shape index (κ2) is 7.33. The average molecular weight is 378 g/mol. The van der Waals surface area contributed by atoms with E-state index in [0.29, 0.717) is 35.7 Å². The van der Waals surface area contributed by atoms with Gasteiger partial charge in [0, 0.05) is 13.0 Å². The Balaban J connectivity index is 1.82. The molecular formula is C18H19FN2O4S. The first kappa shape index (κ1) is 18.2. The van der Waals surface area contributed by atoms with Gasteiger partial charge in [-0.2, -0.15) is 0 Å². The number of rotatable bonds is 6. The van der Waals surface area contributed by atoms with Crippen LogP contribution in [-0.4, -0.2) is 28.0 Å². The number of amides is 1. The molecule has 0 aliphatic carbocycles. The summed E-state index contributed by atoms with van der Waals surface area (Å²) in [7, 11) is -2.19. The smallest absolute Gasteiger partial charge is 0.236 e. The minimum Gasteiger partial charge on any atom is -0.495 e. The van der Waals surface area contributed by atoms with Crippen LogP contribution in [0.25, 0.3) is 0 Å². The summed E-state index contributed by atoms with van der Waals surface area (Å²) in [5, 5.41) is 0. The number of ether oxygens (including phenoxy) is 1. The molecule has 1 amide bonds. The quantitative estimate of drug-likeness (QED) is 0.839. The number of nitrogens with zero attached hydrogens (tertiary/aromatic N) is 1. The highest BCUT2D eigenvalue weighted by atomic mass is 32.2. The topological polar surface area (TPSA) is 75.7 Å². The van der Waals surface area contributed by atoms with Gasteiger partial charge in [-0.15, -0.1) is 0 Å². The number of halogens is 1. The van der Waals surface area contributed by atoms with E-state index in [2.05, 4.69) is 4.72 Å². The highest BCUT2D eigenvalue weighted by Crippen LogP contribution is 2.34. The summed E-state index contributed by atoms with van der Waals surface area (Å²) in [5.41, 5.74) is 1.35. The molecule has 1 aliphatic rings. The Morgan fingerprint density at radius 2 is 1.92 bits per heavy atom. The zero-order valence-electron chi connectivity index (χ0n) is 14.2. The molecule has 0 bridgehead atoms. The molecule has 6 nitrogen and oxygen atoms in total. The van der Waals surface area contributed by atoms with Crippen molar-refractivity contribution in [3.63, 3.8) is 0 Å². The molecule has 0 unspecified atom stereocenters. The molecule has 0 radical (unpaired) electrons. The first-order chi connectivity index (χ1) is 12.4. The fourth-order valence-electron chi connectivity index (χ4n) is 2.88. The van der Waals surface area contributed by atoms with E-state index >= 15 is 0 Å². The maximum absolute atomic E-state index is 13.0. The third-order valence-corrected chi connectivity index (χ3v) is 5.35. The van der Waals surface area contributed by atoms with Crippen molar-refractivity contribution in [2.24, 2.45) is 0 Å². The fraction of sp³-hybridized carbons (Fsp3) is 0.278. The molecule has 2 aromatic carbocycles. The largest absolute Gasteiger partial charge is 0.495 e. The number of hydrogen-bond donors (Lipinski definition) is 1. The van der Waals surface area contributed by atoms with E-state index < -0.39 is 15.8 Å². The van der Waals surface area contributed by atoms with Gasteiger partial charge in [0.25, 0.3) is 0 Å². The first-order valence-corrected chi connectivity index (χ1v) is 9.76. The van der Waals surface area contributed by atoms with Crippen molar-refractivity contribution in [1.29, 1.82) is 0 Å². The van der Waals surface area contributed by atoms with Crippen molar-refractivity contribution in [3.8, 4) is 5.75 Å². The van der Waals surface area contributed by atoms with Gasteiger partial charge in [0.1, 0.15) is 11.6 Å². The first-order valence-electron chi connectivity index (χ1n) is 8.11. The molecule has 0 atom stereocenters. The van der Waals surface area contributed by atoms with Crippen LogP contribution in [0.3, 0.4) is 0 Å². The summed E-state index contributed by atoms with van der Waals surface area (Å²) < 4.78 is 45.5. The molecule has 138 valence electrons. The molecule has 2 aromatic rings. The molecule has 1 saturated heterocycles. The molecule has 1 aliphatic heterocycles. The van der Waals surface area contributed by atoms with Crippen LogP contribution in [0.1, 0.15) is 18.4 Å². The molecule has 0 saturated carbocycles. The number of carbonyl (C=O) groups is 1. The molecular weight excluding hydrogens is 359 g/mol. The lowest BCUT2D eigenvalue weighted by Crippen LogP contribution is -2.24. The Morgan fingerprint density at radius 3 is 2.54 bits per heavy atom. The van der Waals surface area contributed by atoms with E-state index in [-0.39, 0.29) is 11.7 Å². The monoisotopic (exact) mass is 378 g/mol. The highest BCUT2D eigenvalue weighted by molar-refractivity contribution is 7.91. The van der Waals surface area contributed by atoms with E-state index in [4.69, 9.17) is 4.74 Å². The summed E-state index contributed by atoms with van der Waals surface area (Å²) in [6, 6.07) is 10.1. The lowest BCUT2D eigenvalue weighted by molar-refractivity contribution is -0.117. The zero-order valence-corrected chi connectivity index (χ0v) is 15.1. The summed E-state index contributed by atoms with van der Waals surface area (Å²) in [6.45, 7) is 0.570. The van der Waals surface area contributed by atoms with Crippen LogP contribution in [0.5, 0.6) is 5.75 Å². The maximum atomic E-state index is 13.0. The summed E-state index contributed by atoms with van der Waals surface area (Å²) in [4.78, 5) is 13.6. The lowest BCUT2D eigenvalue weighted by Gasteiger charge is -2.20. The average Bonchev–Trinajstić information content (AvgIpc) is 3.02. The Bertz CT molecular complexity index is 913. The molecule has 3 rings (SSSR count). The molecule has 1 fully saturated rings. The summed E-state index contributed by atoms with van der Waals surface area (Å²) in [5.74, 6) is -0.220. The van der Waals surface area contributed by atoms with E-state index in [0.717, 1.165) is 6.42 Å². The number of nitrogens with one attached hydrogen (secondary N) is 1. The van der Waals surface area contributed by atoms with Crippen LogP contribution in [0.4, 0.5) is 15.8 Å². The van der Waals surface area contributed by atoms with Gasteiger partial charge in [-0.1, -0.05) is 12.1 Å². The Hall–Kier alpha value is -2.61. The number of anilines is 2. The van der Waals surface area contributed by atoms with Crippen molar-refractivity contribution < 1.29 is 22.3 Å². The van der Waals surface area contributed by atoms with E-state index in [9.17, 15) is 17.6 Å². The van der Waals surface area contributed by atoms with Gasteiger partial charge >= 0.3 is 0 Å². The SMILES string of the molecule is COc1ccc(NS(=O)(=O)Cc2ccc(F)cc2)cc1N1CCCC1=O. The second-order valence-corrected chi connectivity index (χ2v) is 7.75. The van der Waals surface area contributed by atoms with Crippen molar-refractivity contribution in [2.75, 3.05) is 23.3 Å². The van der Waals surface area contributed by atoms with Crippen molar-refractivity contribution in [1.82, 2.24) is 0 Å². The summed E-state index contributed by atoms with van der Waals surface area (Å²) >= 11 is 0. The number of methoxy groups -OCH3 is 1.